The smallest absolute Gasteiger partial charge is 0.257 e. The summed E-state index contributed by atoms with van der Waals surface area (Å²) in [6.07, 6.45) is 2.10. The zero-order chi connectivity index (χ0) is 19.0. The molecule has 1 saturated carbocycles. The molecule has 1 aliphatic carbocycles. The summed E-state index contributed by atoms with van der Waals surface area (Å²) in [4.78, 5) is 29.1. The van der Waals surface area contributed by atoms with Crippen LogP contribution in [0.1, 0.15) is 23.2 Å². The lowest BCUT2D eigenvalue weighted by molar-refractivity contribution is -0.123. The van der Waals surface area contributed by atoms with E-state index in [-0.39, 0.29) is 17.9 Å². The maximum absolute atomic E-state index is 13.2. The highest BCUT2D eigenvalue weighted by atomic mass is 16.6. The summed E-state index contributed by atoms with van der Waals surface area (Å²) in [6, 6.07) is 5.65. The first-order chi connectivity index (χ1) is 13.0. The van der Waals surface area contributed by atoms with Gasteiger partial charge in [0.2, 0.25) is 5.91 Å². The number of benzene rings is 1. The van der Waals surface area contributed by atoms with Gasteiger partial charge in [0.1, 0.15) is 13.2 Å². The second-order valence-corrected chi connectivity index (χ2v) is 7.97. The molecule has 7 nitrogen and oxygen atoms in total. The highest BCUT2D eigenvalue weighted by Crippen LogP contribution is 2.39. The SMILES string of the molecule is CN(C)CC(=O)NC1[C@@H]2CC[C@H]1CN(C(=O)c1cccc3c1OCCO3)C2. The average molecular weight is 373 g/mol. The number of nitrogens with zero attached hydrogens (tertiary/aromatic N) is 2. The highest BCUT2D eigenvalue weighted by Gasteiger charge is 2.44. The molecule has 2 fully saturated rings. The molecule has 2 bridgehead atoms. The van der Waals surface area contributed by atoms with Gasteiger partial charge in [-0.25, -0.2) is 0 Å². The fraction of sp³-hybridized carbons (Fsp3) is 0.600. The number of likely N-dealkylation sites (N-methyl/N-ethyl adjacent to an activating group) is 1. The van der Waals surface area contributed by atoms with Crippen molar-refractivity contribution in [1.29, 1.82) is 0 Å². The minimum absolute atomic E-state index is 0.00711. The Kier molecular flexibility index (Phi) is 4.95. The maximum Gasteiger partial charge on any atom is 0.257 e. The molecule has 1 aromatic rings. The monoisotopic (exact) mass is 373 g/mol. The summed E-state index contributed by atoms with van der Waals surface area (Å²) >= 11 is 0. The summed E-state index contributed by atoms with van der Waals surface area (Å²) in [5.74, 6) is 1.88. The predicted molar refractivity (Wildman–Crippen MR) is 100 cm³/mol. The number of hydrogen-bond acceptors (Lipinski definition) is 5. The number of rotatable bonds is 4. The Bertz CT molecular complexity index is 722. The van der Waals surface area contributed by atoms with Gasteiger partial charge in [-0.1, -0.05) is 6.07 Å². The van der Waals surface area contributed by atoms with E-state index in [1.165, 1.54) is 0 Å². The van der Waals surface area contributed by atoms with E-state index in [1.807, 2.05) is 42.1 Å². The number of nitrogens with one attached hydrogen (secondary N) is 1. The summed E-state index contributed by atoms with van der Waals surface area (Å²) in [7, 11) is 3.78. The quantitative estimate of drug-likeness (QED) is 0.852. The molecule has 1 aromatic carbocycles. The molecule has 1 unspecified atom stereocenters. The zero-order valence-electron chi connectivity index (χ0n) is 15.9. The second-order valence-electron chi connectivity index (χ2n) is 7.97. The molecule has 2 amide bonds. The summed E-state index contributed by atoms with van der Waals surface area (Å²) < 4.78 is 11.3. The largest absolute Gasteiger partial charge is 0.486 e. The van der Waals surface area contributed by atoms with E-state index in [9.17, 15) is 9.59 Å². The van der Waals surface area contributed by atoms with Crippen LogP contribution < -0.4 is 14.8 Å². The number of hydrogen-bond donors (Lipinski definition) is 1. The van der Waals surface area contributed by atoms with E-state index in [4.69, 9.17) is 9.47 Å². The normalized spacial score (nSPS) is 26.2. The van der Waals surface area contributed by atoms with Crippen molar-refractivity contribution in [2.45, 2.75) is 18.9 Å². The topological polar surface area (TPSA) is 71.1 Å². The van der Waals surface area contributed by atoms with Crippen LogP contribution in [0.25, 0.3) is 0 Å². The molecule has 146 valence electrons. The Hall–Kier alpha value is -2.28. The van der Waals surface area contributed by atoms with Gasteiger partial charge >= 0.3 is 0 Å². The lowest BCUT2D eigenvalue weighted by Gasteiger charge is -2.38. The van der Waals surface area contributed by atoms with Gasteiger partial charge in [0.05, 0.1) is 12.1 Å². The summed E-state index contributed by atoms with van der Waals surface area (Å²) in [5, 5.41) is 3.20. The van der Waals surface area contributed by atoms with Gasteiger partial charge in [-0.05, 0) is 50.9 Å². The summed E-state index contributed by atoms with van der Waals surface area (Å²) in [5.41, 5.74) is 0.571. The van der Waals surface area contributed by atoms with Crippen LogP contribution in [0, 0.1) is 11.8 Å². The first-order valence-electron chi connectivity index (χ1n) is 9.65. The molecule has 3 aliphatic rings. The van der Waals surface area contributed by atoms with Crippen molar-refractivity contribution in [3.63, 3.8) is 0 Å². The minimum atomic E-state index is -0.00711. The number of amides is 2. The van der Waals surface area contributed by atoms with Gasteiger partial charge in [-0.3, -0.25) is 9.59 Å². The molecule has 4 rings (SSSR count). The van der Waals surface area contributed by atoms with Crippen LogP contribution in [0.15, 0.2) is 18.2 Å². The van der Waals surface area contributed by atoms with E-state index in [0.29, 0.717) is 61.7 Å². The third kappa shape index (κ3) is 3.60. The van der Waals surface area contributed by atoms with Gasteiger partial charge in [0, 0.05) is 19.1 Å². The molecule has 0 radical (unpaired) electrons. The van der Waals surface area contributed by atoms with Crippen LogP contribution in [-0.4, -0.2) is 74.6 Å². The molecule has 1 N–H and O–H groups in total. The first-order valence-corrected chi connectivity index (χ1v) is 9.65. The predicted octanol–water partition coefficient (Wildman–Crippen LogP) is 0.986. The number of carbonyl (C=O) groups is 2. The van der Waals surface area contributed by atoms with Crippen LogP contribution in [-0.2, 0) is 4.79 Å². The van der Waals surface area contributed by atoms with Gasteiger partial charge in [0.25, 0.3) is 5.91 Å². The van der Waals surface area contributed by atoms with Crippen LogP contribution in [0.3, 0.4) is 0 Å². The van der Waals surface area contributed by atoms with Crippen molar-refractivity contribution in [2.75, 3.05) is 46.9 Å². The Morgan fingerprint density at radius 3 is 2.56 bits per heavy atom. The summed E-state index contributed by atoms with van der Waals surface area (Å²) in [6.45, 7) is 2.71. The Morgan fingerprint density at radius 1 is 1.15 bits per heavy atom. The molecular weight excluding hydrogens is 346 g/mol. The molecule has 2 aliphatic heterocycles. The molecule has 3 atom stereocenters. The Morgan fingerprint density at radius 2 is 1.85 bits per heavy atom. The number of para-hydroxylation sites is 1. The van der Waals surface area contributed by atoms with Crippen molar-refractivity contribution >= 4 is 11.8 Å². The van der Waals surface area contributed by atoms with E-state index in [0.717, 1.165) is 12.8 Å². The minimum Gasteiger partial charge on any atom is -0.486 e. The highest BCUT2D eigenvalue weighted by molar-refractivity contribution is 5.98. The van der Waals surface area contributed by atoms with E-state index in [1.54, 1.807) is 0 Å². The third-order valence-corrected chi connectivity index (χ3v) is 5.71. The molecule has 27 heavy (non-hydrogen) atoms. The van der Waals surface area contributed by atoms with Gasteiger partial charge in [-0.15, -0.1) is 0 Å². The van der Waals surface area contributed by atoms with Gasteiger partial charge in [0.15, 0.2) is 11.5 Å². The molecule has 1 saturated heterocycles. The third-order valence-electron chi connectivity index (χ3n) is 5.71. The number of piperidine rings is 1. The van der Waals surface area contributed by atoms with E-state index in [2.05, 4.69) is 5.32 Å². The fourth-order valence-corrected chi connectivity index (χ4v) is 4.56. The lowest BCUT2D eigenvalue weighted by atomic mass is 9.91. The molecular formula is C20H27N3O4. The molecule has 0 aromatic heterocycles. The van der Waals surface area contributed by atoms with Crippen molar-refractivity contribution < 1.29 is 19.1 Å². The Labute approximate surface area is 159 Å². The number of carbonyl (C=O) groups excluding carboxylic acids is 2. The van der Waals surface area contributed by atoms with Crippen molar-refractivity contribution in [2.24, 2.45) is 11.8 Å². The second kappa shape index (κ2) is 7.38. The van der Waals surface area contributed by atoms with Crippen molar-refractivity contribution in [3.8, 4) is 11.5 Å². The number of likely N-dealkylation sites (tertiary alicyclic amines) is 1. The molecule has 7 heteroatoms. The van der Waals surface area contributed by atoms with Gasteiger partial charge < -0.3 is 24.6 Å². The van der Waals surface area contributed by atoms with Crippen molar-refractivity contribution in [3.05, 3.63) is 23.8 Å². The average Bonchev–Trinajstić information content (AvgIpc) is 2.88. The number of fused-ring (bicyclic) bond motifs is 3. The van der Waals surface area contributed by atoms with Gasteiger partial charge in [-0.2, -0.15) is 0 Å². The molecule has 2 heterocycles. The zero-order valence-corrected chi connectivity index (χ0v) is 15.9. The van der Waals surface area contributed by atoms with Crippen LogP contribution >= 0.6 is 0 Å². The van der Waals surface area contributed by atoms with E-state index >= 15 is 0 Å². The van der Waals surface area contributed by atoms with Crippen molar-refractivity contribution in [1.82, 2.24) is 15.1 Å². The lowest BCUT2D eigenvalue weighted by Crippen LogP contribution is -2.55. The van der Waals surface area contributed by atoms with Crippen LogP contribution in [0.5, 0.6) is 11.5 Å². The van der Waals surface area contributed by atoms with Crippen LogP contribution in [0.4, 0.5) is 0 Å². The maximum atomic E-state index is 13.2. The fourth-order valence-electron chi connectivity index (χ4n) is 4.56. The first kappa shape index (κ1) is 18.1. The standard InChI is InChI=1S/C20H27N3O4/c1-22(2)12-17(24)21-18-13-6-7-14(18)11-23(10-13)20(25)15-4-3-5-16-19(15)27-9-8-26-16/h3-5,13-14,18H,6-12H2,1-2H3,(H,21,24)/t13-,14+,18?. The number of ether oxygens (including phenoxy) is 2. The Balaban J connectivity index is 1.46. The van der Waals surface area contributed by atoms with E-state index < -0.39 is 0 Å². The molecule has 0 spiro atoms. The van der Waals surface area contributed by atoms with Crippen LogP contribution in [0.2, 0.25) is 0 Å².